The molecule has 0 atom stereocenters. The third kappa shape index (κ3) is 3.27. The zero-order chi connectivity index (χ0) is 17.4. The highest BCUT2D eigenvalue weighted by atomic mass is 32.2. The number of nitrogens with zero attached hydrogens (tertiary/aromatic N) is 4. The number of rotatable bonds is 6. The summed E-state index contributed by atoms with van der Waals surface area (Å²) in [6.45, 7) is -0.219. The maximum atomic E-state index is 12.7. The number of nitrogens with two attached hydrogens (primary N) is 1. The molecule has 128 valence electrons. The average molecular weight is 357 g/mol. The highest BCUT2D eigenvalue weighted by Crippen LogP contribution is 2.40. The van der Waals surface area contributed by atoms with Crippen LogP contribution in [0.3, 0.4) is 0 Å². The van der Waals surface area contributed by atoms with Crippen LogP contribution in [-0.2, 0) is 17.1 Å². The van der Waals surface area contributed by atoms with Gasteiger partial charge in [-0.05, 0) is 25.0 Å². The molecule has 1 amide bonds. The highest BCUT2D eigenvalue weighted by molar-refractivity contribution is 7.98. The Kier molecular flexibility index (Phi) is 4.00. The maximum absolute atomic E-state index is 12.7. The minimum absolute atomic E-state index is 0.219. The van der Waals surface area contributed by atoms with Gasteiger partial charge in [-0.25, -0.2) is 4.98 Å². The van der Waals surface area contributed by atoms with Gasteiger partial charge in [0.1, 0.15) is 12.4 Å². The first-order valence-corrected chi connectivity index (χ1v) is 8.83. The lowest BCUT2D eigenvalue weighted by atomic mass is 10.2. The largest absolute Gasteiger partial charge is 0.416 e. The van der Waals surface area contributed by atoms with Gasteiger partial charge < -0.3 is 10.2 Å². The Morgan fingerprint density at radius 2 is 2.12 bits per heavy atom. The van der Waals surface area contributed by atoms with E-state index in [4.69, 9.17) is 10.2 Å². The van der Waals surface area contributed by atoms with Gasteiger partial charge in [0, 0.05) is 5.92 Å². The number of carbonyl (C=O) groups is 1. The smallest absolute Gasteiger partial charge is 0.277 e. The van der Waals surface area contributed by atoms with Crippen molar-refractivity contribution in [3.05, 3.63) is 46.3 Å². The minimum Gasteiger partial charge on any atom is -0.416 e. The van der Waals surface area contributed by atoms with E-state index in [1.807, 2.05) is 6.07 Å². The molecular formula is C16H15N5O3S. The molecule has 3 aromatic rings. The quantitative estimate of drug-likeness (QED) is 0.663. The van der Waals surface area contributed by atoms with Crippen molar-refractivity contribution >= 4 is 28.6 Å². The summed E-state index contributed by atoms with van der Waals surface area (Å²) in [5.41, 5.74) is 5.57. The van der Waals surface area contributed by atoms with Gasteiger partial charge in [-0.3, -0.25) is 14.2 Å². The van der Waals surface area contributed by atoms with Crippen molar-refractivity contribution in [2.24, 2.45) is 5.73 Å². The molecule has 2 N–H and O–H groups in total. The van der Waals surface area contributed by atoms with E-state index in [-0.39, 0.29) is 12.1 Å². The van der Waals surface area contributed by atoms with Crippen LogP contribution in [0.1, 0.15) is 30.5 Å². The Hall–Kier alpha value is -2.68. The van der Waals surface area contributed by atoms with Crippen LogP contribution < -0.4 is 11.3 Å². The normalized spacial score (nSPS) is 14.1. The van der Waals surface area contributed by atoms with Gasteiger partial charge in [0.05, 0.1) is 16.7 Å². The van der Waals surface area contributed by atoms with E-state index in [2.05, 4.69) is 15.2 Å². The number of carbonyl (C=O) groups excluding carboxylic acids is 1. The van der Waals surface area contributed by atoms with Crippen molar-refractivity contribution in [3.63, 3.8) is 0 Å². The van der Waals surface area contributed by atoms with Gasteiger partial charge in [-0.15, -0.1) is 10.2 Å². The maximum Gasteiger partial charge on any atom is 0.277 e. The fourth-order valence-corrected chi connectivity index (χ4v) is 3.26. The summed E-state index contributed by atoms with van der Waals surface area (Å²) in [5, 5.41) is 8.91. The molecule has 2 aromatic heterocycles. The molecule has 0 saturated heterocycles. The number of hydrogen-bond acceptors (Lipinski definition) is 7. The molecule has 0 radical (unpaired) electrons. The molecule has 1 aliphatic rings. The predicted octanol–water partition coefficient (Wildman–Crippen LogP) is 1.43. The zero-order valence-corrected chi connectivity index (χ0v) is 14.0. The number of primary amides is 1. The summed E-state index contributed by atoms with van der Waals surface area (Å²) in [6, 6.07) is 7.01. The van der Waals surface area contributed by atoms with E-state index < -0.39 is 5.91 Å². The van der Waals surface area contributed by atoms with Gasteiger partial charge in [0.2, 0.25) is 11.8 Å². The molecule has 1 aliphatic carbocycles. The third-order valence-corrected chi connectivity index (χ3v) is 4.74. The topological polar surface area (TPSA) is 117 Å². The second-order valence-electron chi connectivity index (χ2n) is 5.87. The summed E-state index contributed by atoms with van der Waals surface area (Å²) < 4.78 is 6.90. The summed E-state index contributed by atoms with van der Waals surface area (Å²) in [4.78, 5) is 28.5. The number of fused-ring (bicyclic) bond motifs is 1. The number of benzene rings is 1. The van der Waals surface area contributed by atoms with E-state index in [1.54, 1.807) is 18.2 Å². The van der Waals surface area contributed by atoms with E-state index in [0.29, 0.717) is 39.5 Å². The van der Waals surface area contributed by atoms with E-state index >= 15 is 0 Å². The Morgan fingerprint density at radius 1 is 1.32 bits per heavy atom. The van der Waals surface area contributed by atoms with Crippen LogP contribution in [0, 0.1) is 0 Å². The molecule has 25 heavy (non-hydrogen) atoms. The van der Waals surface area contributed by atoms with Crippen LogP contribution in [0.15, 0.2) is 38.7 Å². The van der Waals surface area contributed by atoms with Crippen molar-refractivity contribution in [1.82, 2.24) is 19.7 Å². The van der Waals surface area contributed by atoms with Crippen LogP contribution in [0.5, 0.6) is 0 Å². The van der Waals surface area contributed by atoms with Gasteiger partial charge in [0.15, 0.2) is 0 Å². The Bertz CT molecular complexity index is 1010. The van der Waals surface area contributed by atoms with Gasteiger partial charge >= 0.3 is 0 Å². The lowest BCUT2D eigenvalue weighted by Crippen LogP contribution is -2.31. The number of amides is 1. The SMILES string of the molecule is NC(=O)Cn1c(CSc2nnc(C3CC3)o2)nc2ccccc2c1=O. The van der Waals surface area contributed by atoms with Crippen LogP contribution in [0.4, 0.5) is 0 Å². The lowest BCUT2D eigenvalue weighted by molar-refractivity contribution is -0.118. The first kappa shape index (κ1) is 15.8. The molecule has 9 heteroatoms. The molecule has 1 aromatic carbocycles. The summed E-state index contributed by atoms with van der Waals surface area (Å²) in [5.74, 6) is 1.20. The predicted molar refractivity (Wildman–Crippen MR) is 91.0 cm³/mol. The van der Waals surface area contributed by atoms with Crippen molar-refractivity contribution in [1.29, 1.82) is 0 Å². The average Bonchev–Trinajstić information content (AvgIpc) is 3.34. The fourth-order valence-electron chi connectivity index (χ4n) is 2.54. The molecule has 2 heterocycles. The molecule has 1 fully saturated rings. The zero-order valence-electron chi connectivity index (χ0n) is 13.2. The number of thioether (sulfide) groups is 1. The van der Waals surface area contributed by atoms with Crippen molar-refractivity contribution < 1.29 is 9.21 Å². The van der Waals surface area contributed by atoms with Crippen molar-refractivity contribution in [2.75, 3.05) is 0 Å². The highest BCUT2D eigenvalue weighted by Gasteiger charge is 2.29. The molecule has 0 spiro atoms. The van der Waals surface area contributed by atoms with Crippen LogP contribution in [0.25, 0.3) is 10.9 Å². The number of hydrogen-bond donors (Lipinski definition) is 1. The second-order valence-corrected chi connectivity index (χ2v) is 6.80. The molecule has 8 nitrogen and oxygen atoms in total. The minimum atomic E-state index is -0.598. The van der Waals surface area contributed by atoms with Crippen molar-refractivity contribution in [2.45, 2.75) is 36.3 Å². The Morgan fingerprint density at radius 3 is 2.88 bits per heavy atom. The van der Waals surface area contributed by atoms with E-state index in [0.717, 1.165) is 12.8 Å². The fraction of sp³-hybridized carbons (Fsp3) is 0.312. The molecule has 4 rings (SSSR count). The van der Waals surface area contributed by atoms with Crippen LogP contribution in [0.2, 0.25) is 0 Å². The summed E-state index contributed by atoms with van der Waals surface area (Å²) in [7, 11) is 0. The molecule has 0 unspecified atom stereocenters. The van der Waals surface area contributed by atoms with Gasteiger partial charge in [0.25, 0.3) is 10.8 Å². The standard InChI is InChI=1S/C16H15N5O3S/c17-12(22)7-21-13(18-11-4-2-1-3-10(11)15(21)23)8-25-16-20-19-14(24-16)9-5-6-9/h1-4,9H,5-8H2,(H2,17,22). The third-order valence-electron chi connectivity index (χ3n) is 3.93. The first-order valence-electron chi connectivity index (χ1n) is 7.85. The van der Waals surface area contributed by atoms with E-state index in [1.165, 1.54) is 16.3 Å². The monoisotopic (exact) mass is 357 g/mol. The summed E-state index contributed by atoms with van der Waals surface area (Å²) in [6.07, 6.45) is 2.16. The van der Waals surface area contributed by atoms with E-state index in [9.17, 15) is 9.59 Å². The second kappa shape index (κ2) is 6.32. The molecular weight excluding hydrogens is 342 g/mol. The van der Waals surface area contributed by atoms with Crippen LogP contribution >= 0.6 is 11.8 Å². The lowest BCUT2D eigenvalue weighted by Gasteiger charge is -2.11. The first-order chi connectivity index (χ1) is 12.1. The van der Waals surface area contributed by atoms with Crippen LogP contribution in [-0.4, -0.2) is 25.7 Å². The van der Waals surface area contributed by atoms with Crippen molar-refractivity contribution in [3.8, 4) is 0 Å². The van der Waals surface area contributed by atoms with Gasteiger partial charge in [-0.1, -0.05) is 23.9 Å². The molecule has 0 bridgehead atoms. The Balaban J connectivity index is 1.66. The number of para-hydroxylation sites is 1. The number of aromatic nitrogens is 4. The summed E-state index contributed by atoms with van der Waals surface area (Å²) >= 11 is 1.28. The van der Waals surface area contributed by atoms with Gasteiger partial charge in [-0.2, -0.15) is 0 Å². The molecule has 1 saturated carbocycles. The molecule has 0 aliphatic heterocycles. The Labute approximate surface area is 146 Å².